The number of nitrogens with one attached hydrogen (secondary N) is 2. The topological polar surface area (TPSA) is 122 Å². The molecule has 0 aromatic carbocycles. The number of carbonyl (C=O) groups excluding carboxylic acids is 1. The Morgan fingerprint density at radius 3 is 2.50 bits per heavy atom. The summed E-state index contributed by atoms with van der Waals surface area (Å²) in [7, 11) is 0. The van der Waals surface area contributed by atoms with Crippen molar-refractivity contribution in [2.45, 2.75) is 32.1 Å². The third kappa shape index (κ3) is 9.91. The van der Waals surface area contributed by atoms with Crippen LogP contribution in [0.5, 0.6) is 0 Å². The number of unbranched alkanes of at least 4 members (excludes halogenated alkanes) is 2. The van der Waals surface area contributed by atoms with Gasteiger partial charge in [-0.05, 0) is 25.7 Å². The van der Waals surface area contributed by atoms with Crippen LogP contribution in [0.1, 0.15) is 32.1 Å². The average Bonchev–Trinajstić information content (AvgIpc) is 2.42. The number of nitriles is 1. The van der Waals surface area contributed by atoms with E-state index in [1.54, 1.807) is 6.07 Å². The third-order valence-electron chi connectivity index (χ3n) is 2.44. The minimum Gasteiger partial charge on any atom is -0.481 e. The Kier molecular flexibility index (Phi) is 10.7. The van der Waals surface area contributed by atoms with Crippen molar-refractivity contribution in [2.75, 3.05) is 19.7 Å². The smallest absolute Gasteiger partial charge is 0.303 e. The fraction of sp³-hybridized carbons (Fsp3) is 0.615. The molecule has 1 amide bonds. The van der Waals surface area contributed by atoms with Crippen molar-refractivity contribution in [3.05, 3.63) is 11.8 Å². The zero-order valence-corrected chi connectivity index (χ0v) is 11.4. The number of amides is 1. The normalized spacial score (nSPS) is 10.7. The van der Waals surface area contributed by atoms with E-state index in [-0.39, 0.29) is 25.1 Å². The highest BCUT2D eigenvalue weighted by Crippen LogP contribution is 1.95. The van der Waals surface area contributed by atoms with Gasteiger partial charge in [-0.25, -0.2) is 0 Å². The van der Waals surface area contributed by atoms with Crippen LogP contribution in [0.4, 0.5) is 0 Å². The van der Waals surface area contributed by atoms with E-state index in [4.69, 9.17) is 15.5 Å². The number of aliphatic hydroxyl groups excluding tert-OH is 1. The van der Waals surface area contributed by atoms with Crippen LogP contribution in [-0.4, -0.2) is 41.8 Å². The van der Waals surface area contributed by atoms with Crippen LogP contribution >= 0.6 is 0 Å². The van der Waals surface area contributed by atoms with Gasteiger partial charge in [0, 0.05) is 32.3 Å². The SMILES string of the molecule is N#C/C(=C/NCCCCCO)C(=O)NCCCC(=O)O. The first kappa shape index (κ1) is 17.9. The number of carboxylic acid groups (broad SMARTS) is 1. The first-order valence-corrected chi connectivity index (χ1v) is 6.56. The Labute approximate surface area is 118 Å². The summed E-state index contributed by atoms with van der Waals surface area (Å²) in [5, 5.41) is 31.2. The number of hydrogen-bond donors (Lipinski definition) is 4. The molecule has 0 saturated heterocycles. The van der Waals surface area contributed by atoms with Gasteiger partial charge in [0.1, 0.15) is 11.6 Å². The molecule has 0 radical (unpaired) electrons. The second-order valence-electron chi connectivity index (χ2n) is 4.16. The number of aliphatic carboxylic acids is 1. The molecule has 112 valence electrons. The number of rotatable bonds is 11. The Morgan fingerprint density at radius 2 is 1.90 bits per heavy atom. The zero-order valence-electron chi connectivity index (χ0n) is 11.4. The highest BCUT2D eigenvalue weighted by atomic mass is 16.4. The molecule has 7 heteroatoms. The lowest BCUT2D eigenvalue weighted by Gasteiger charge is -2.04. The molecule has 0 bridgehead atoms. The summed E-state index contributed by atoms with van der Waals surface area (Å²) in [6, 6.07) is 1.78. The van der Waals surface area contributed by atoms with Crippen molar-refractivity contribution in [1.29, 1.82) is 5.26 Å². The van der Waals surface area contributed by atoms with E-state index in [2.05, 4.69) is 10.6 Å². The van der Waals surface area contributed by atoms with Crippen molar-refractivity contribution < 1.29 is 19.8 Å². The molecule has 20 heavy (non-hydrogen) atoms. The van der Waals surface area contributed by atoms with E-state index >= 15 is 0 Å². The quantitative estimate of drug-likeness (QED) is 0.243. The molecule has 0 aliphatic heterocycles. The van der Waals surface area contributed by atoms with E-state index < -0.39 is 11.9 Å². The molecular weight excluding hydrogens is 262 g/mol. The van der Waals surface area contributed by atoms with Gasteiger partial charge in [-0.3, -0.25) is 9.59 Å². The van der Waals surface area contributed by atoms with Crippen LogP contribution in [0.3, 0.4) is 0 Å². The predicted octanol–water partition coefficient (Wildman–Crippen LogP) is 0.127. The van der Waals surface area contributed by atoms with Crippen LogP contribution in [0.2, 0.25) is 0 Å². The number of aliphatic hydroxyl groups is 1. The highest BCUT2D eigenvalue weighted by molar-refractivity contribution is 5.97. The Bertz CT molecular complexity index is 374. The Balaban J connectivity index is 3.89. The molecule has 0 aromatic rings. The lowest BCUT2D eigenvalue weighted by atomic mass is 10.2. The van der Waals surface area contributed by atoms with Crippen LogP contribution in [-0.2, 0) is 9.59 Å². The Morgan fingerprint density at radius 1 is 1.15 bits per heavy atom. The summed E-state index contributed by atoms with van der Waals surface area (Å²) in [5.74, 6) is -1.43. The minimum absolute atomic E-state index is 0.0189. The lowest BCUT2D eigenvalue weighted by Crippen LogP contribution is -2.27. The molecule has 0 spiro atoms. The molecule has 0 atom stereocenters. The minimum atomic E-state index is -0.917. The fourth-order valence-electron chi connectivity index (χ4n) is 1.38. The second kappa shape index (κ2) is 12.0. The molecule has 0 saturated carbocycles. The van der Waals surface area contributed by atoms with Crippen LogP contribution in [0.15, 0.2) is 11.8 Å². The van der Waals surface area contributed by atoms with E-state index in [0.29, 0.717) is 13.0 Å². The van der Waals surface area contributed by atoms with Crippen LogP contribution in [0.25, 0.3) is 0 Å². The maximum atomic E-state index is 11.6. The third-order valence-corrected chi connectivity index (χ3v) is 2.44. The summed E-state index contributed by atoms with van der Waals surface area (Å²) in [6.45, 7) is 1.01. The monoisotopic (exact) mass is 283 g/mol. The average molecular weight is 283 g/mol. The molecule has 4 N–H and O–H groups in total. The van der Waals surface area contributed by atoms with E-state index in [0.717, 1.165) is 19.3 Å². The molecule has 0 aromatic heterocycles. The van der Waals surface area contributed by atoms with Crippen molar-refractivity contribution in [2.24, 2.45) is 0 Å². The van der Waals surface area contributed by atoms with Gasteiger partial charge in [-0.2, -0.15) is 5.26 Å². The fourth-order valence-corrected chi connectivity index (χ4v) is 1.38. The van der Waals surface area contributed by atoms with E-state index in [1.807, 2.05) is 0 Å². The van der Waals surface area contributed by atoms with Gasteiger partial charge in [0.25, 0.3) is 5.91 Å². The van der Waals surface area contributed by atoms with Crippen molar-refractivity contribution >= 4 is 11.9 Å². The predicted molar refractivity (Wildman–Crippen MR) is 72.5 cm³/mol. The summed E-state index contributed by atoms with van der Waals surface area (Å²) in [5.41, 5.74) is -0.0394. The Hall–Kier alpha value is -2.07. The van der Waals surface area contributed by atoms with Crippen LogP contribution < -0.4 is 10.6 Å². The zero-order chi connectivity index (χ0) is 15.2. The molecular formula is C13H21N3O4. The first-order chi connectivity index (χ1) is 9.61. The standard InChI is InChI=1S/C13H21N3O4/c14-9-11(10-15-6-2-1-3-8-17)13(20)16-7-4-5-12(18)19/h10,15,17H,1-8H2,(H,16,20)(H,18,19)/b11-10-. The second-order valence-corrected chi connectivity index (χ2v) is 4.16. The van der Waals surface area contributed by atoms with Gasteiger partial charge in [-0.1, -0.05) is 0 Å². The molecule has 0 aliphatic carbocycles. The molecule has 0 heterocycles. The lowest BCUT2D eigenvalue weighted by molar-refractivity contribution is -0.137. The summed E-state index contributed by atoms with van der Waals surface area (Å²) < 4.78 is 0. The van der Waals surface area contributed by atoms with E-state index in [9.17, 15) is 9.59 Å². The van der Waals surface area contributed by atoms with Crippen molar-refractivity contribution in [1.82, 2.24) is 10.6 Å². The van der Waals surface area contributed by atoms with Crippen LogP contribution in [0, 0.1) is 11.3 Å². The van der Waals surface area contributed by atoms with E-state index in [1.165, 1.54) is 6.20 Å². The van der Waals surface area contributed by atoms with Gasteiger partial charge in [0.15, 0.2) is 0 Å². The van der Waals surface area contributed by atoms with Crippen molar-refractivity contribution in [3.8, 4) is 6.07 Å². The molecule has 7 nitrogen and oxygen atoms in total. The highest BCUT2D eigenvalue weighted by Gasteiger charge is 2.07. The number of carbonyl (C=O) groups is 2. The van der Waals surface area contributed by atoms with Gasteiger partial charge < -0.3 is 20.8 Å². The molecule has 0 fully saturated rings. The summed E-state index contributed by atoms with van der Waals surface area (Å²) in [6.07, 6.45) is 4.12. The molecule has 0 aliphatic rings. The first-order valence-electron chi connectivity index (χ1n) is 6.56. The molecule has 0 unspecified atom stereocenters. The maximum Gasteiger partial charge on any atom is 0.303 e. The van der Waals surface area contributed by atoms with Gasteiger partial charge in [0.2, 0.25) is 0 Å². The largest absolute Gasteiger partial charge is 0.481 e. The van der Waals surface area contributed by atoms with Gasteiger partial charge in [0.05, 0.1) is 0 Å². The van der Waals surface area contributed by atoms with Gasteiger partial charge >= 0.3 is 5.97 Å². The van der Waals surface area contributed by atoms with Crippen molar-refractivity contribution in [3.63, 3.8) is 0 Å². The summed E-state index contributed by atoms with van der Waals surface area (Å²) >= 11 is 0. The number of nitrogens with zero attached hydrogens (tertiary/aromatic N) is 1. The number of hydrogen-bond acceptors (Lipinski definition) is 5. The van der Waals surface area contributed by atoms with Gasteiger partial charge in [-0.15, -0.1) is 0 Å². The summed E-state index contributed by atoms with van der Waals surface area (Å²) in [4.78, 5) is 21.8. The molecule has 0 rings (SSSR count). The number of carboxylic acids is 1. The maximum absolute atomic E-state index is 11.6.